The summed E-state index contributed by atoms with van der Waals surface area (Å²) in [5.74, 6) is 1.48. The van der Waals surface area contributed by atoms with Gasteiger partial charge in [0.25, 0.3) is 0 Å². The smallest absolute Gasteiger partial charge is 0.398 e. The zero-order chi connectivity index (χ0) is 19.8. The van der Waals surface area contributed by atoms with Crippen LogP contribution in [0.3, 0.4) is 0 Å². The number of hydrogen-bond acceptors (Lipinski definition) is 5. The molecule has 0 N–H and O–H groups in total. The Hall–Kier alpha value is -1.47. The fraction of sp³-hybridized carbons (Fsp3) is 0.700. The Morgan fingerprint density at radius 1 is 1.15 bits per heavy atom. The molecule has 1 aromatic rings. The predicted octanol–water partition coefficient (Wildman–Crippen LogP) is 4.13. The molecular formula is C20H31BFN3O2. The van der Waals surface area contributed by atoms with Crippen molar-refractivity contribution in [2.75, 3.05) is 18.0 Å². The van der Waals surface area contributed by atoms with Crippen molar-refractivity contribution < 1.29 is 13.7 Å². The van der Waals surface area contributed by atoms with Gasteiger partial charge in [0.2, 0.25) is 0 Å². The summed E-state index contributed by atoms with van der Waals surface area (Å²) < 4.78 is 26.7. The van der Waals surface area contributed by atoms with E-state index in [-0.39, 0.29) is 5.73 Å². The number of hydrogen-bond donors (Lipinski definition) is 0. The molecule has 0 atom stereocenters. The third kappa shape index (κ3) is 4.35. The molecule has 0 unspecified atom stereocenters. The zero-order valence-corrected chi connectivity index (χ0v) is 17.4. The lowest BCUT2D eigenvalue weighted by molar-refractivity contribution is 0.00578. The molecule has 0 bridgehead atoms. The summed E-state index contributed by atoms with van der Waals surface area (Å²) in [5.41, 5.74) is 0.547. The fourth-order valence-corrected chi connectivity index (χ4v) is 3.45. The second kappa shape index (κ2) is 7.51. The maximum Gasteiger partial charge on any atom is 0.525 e. The summed E-state index contributed by atoms with van der Waals surface area (Å²) >= 11 is 0. The Labute approximate surface area is 162 Å². The van der Waals surface area contributed by atoms with E-state index in [9.17, 15) is 0 Å². The van der Waals surface area contributed by atoms with Gasteiger partial charge >= 0.3 is 7.12 Å². The lowest BCUT2D eigenvalue weighted by Crippen LogP contribution is -2.41. The molecule has 2 fully saturated rings. The lowest BCUT2D eigenvalue weighted by atomic mass is 9.82. The molecule has 2 aliphatic heterocycles. The quantitative estimate of drug-likeness (QED) is 0.741. The highest BCUT2D eigenvalue weighted by atomic mass is 19.1. The standard InChI is InChI=1S/C20H31BFN3O2/c1-14(2)11-16-12-17(24-13-23-16)25-9-7-15(8-10-25)18(22)21-26-19(3,4)20(5,6)27-21/h12-14H,7-11H2,1-6H3. The molecule has 0 aliphatic carbocycles. The Kier molecular flexibility index (Phi) is 5.64. The van der Waals surface area contributed by atoms with Gasteiger partial charge in [-0.15, -0.1) is 0 Å². The molecule has 1 aromatic heterocycles. The van der Waals surface area contributed by atoms with Crippen molar-refractivity contribution in [1.82, 2.24) is 9.97 Å². The molecule has 3 rings (SSSR count). The first-order valence-electron chi connectivity index (χ1n) is 9.88. The molecule has 27 heavy (non-hydrogen) atoms. The number of piperidine rings is 1. The van der Waals surface area contributed by atoms with Crippen molar-refractivity contribution in [3.63, 3.8) is 0 Å². The van der Waals surface area contributed by atoms with Gasteiger partial charge in [-0.3, -0.25) is 0 Å². The van der Waals surface area contributed by atoms with E-state index in [1.165, 1.54) is 0 Å². The monoisotopic (exact) mass is 375 g/mol. The van der Waals surface area contributed by atoms with Crippen LogP contribution in [0.2, 0.25) is 0 Å². The molecule has 5 nitrogen and oxygen atoms in total. The van der Waals surface area contributed by atoms with Crippen LogP contribution in [0.25, 0.3) is 0 Å². The zero-order valence-electron chi connectivity index (χ0n) is 17.4. The van der Waals surface area contributed by atoms with E-state index in [0.717, 1.165) is 36.6 Å². The van der Waals surface area contributed by atoms with Gasteiger partial charge < -0.3 is 14.2 Å². The van der Waals surface area contributed by atoms with Gasteiger partial charge in [-0.2, -0.15) is 0 Å². The van der Waals surface area contributed by atoms with Crippen LogP contribution < -0.4 is 4.90 Å². The van der Waals surface area contributed by atoms with Crippen LogP contribution in [0.5, 0.6) is 0 Å². The Balaban J connectivity index is 1.66. The largest absolute Gasteiger partial charge is 0.525 e. The molecule has 0 amide bonds. The first kappa shape index (κ1) is 20.3. The Bertz CT molecular complexity index is 695. The normalized spacial score (nSPS) is 21.9. The van der Waals surface area contributed by atoms with Gasteiger partial charge in [-0.25, -0.2) is 14.4 Å². The first-order chi connectivity index (χ1) is 12.6. The average Bonchev–Trinajstić information content (AvgIpc) is 2.82. The van der Waals surface area contributed by atoms with Crippen LogP contribution in [-0.4, -0.2) is 41.4 Å². The summed E-state index contributed by atoms with van der Waals surface area (Å²) in [4.78, 5) is 11.0. The molecule has 0 aromatic carbocycles. The highest BCUT2D eigenvalue weighted by molar-refractivity contribution is 6.53. The van der Waals surface area contributed by atoms with Crippen LogP contribution in [0.1, 0.15) is 60.1 Å². The van der Waals surface area contributed by atoms with Crippen LogP contribution in [0.15, 0.2) is 23.7 Å². The van der Waals surface area contributed by atoms with E-state index in [4.69, 9.17) is 9.31 Å². The van der Waals surface area contributed by atoms with E-state index in [0.29, 0.717) is 18.8 Å². The second-order valence-electron chi connectivity index (χ2n) is 8.99. The molecule has 3 heterocycles. The second-order valence-corrected chi connectivity index (χ2v) is 8.99. The molecule has 0 radical (unpaired) electrons. The Morgan fingerprint density at radius 3 is 2.30 bits per heavy atom. The summed E-state index contributed by atoms with van der Waals surface area (Å²) in [7, 11) is -0.895. The van der Waals surface area contributed by atoms with E-state index in [1.54, 1.807) is 6.33 Å². The van der Waals surface area contributed by atoms with E-state index >= 15 is 4.39 Å². The van der Waals surface area contributed by atoms with E-state index in [2.05, 4.69) is 34.8 Å². The summed E-state index contributed by atoms with van der Waals surface area (Å²) in [5, 5.41) is 0. The molecule has 148 valence electrons. The van der Waals surface area contributed by atoms with E-state index in [1.807, 2.05) is 27.7 Å². The van der Waals surface area contributed by atoms with Crippen molar-refractivity contribution in [3.05, 3.63) is 29.4 Å². The number of rotatable bonds is 4. The molecule has 0 saturated carbocycles. The number of aromatic nitrogens is 2. The lowest BCUT2D eigenvalue weighted by Gasteiger charge is -2.32. The third-order valence-corrected chi connectivity index (χ3v) is 5.82. The molecule has 2 saturated heterocycles. The molecule has 7 heteroatoms. The SMILES string of the molecule is CC(C)Cc1cc(N2CCC(=C(F)B3OC(C)(C)C(C)(C)O3)CC2)ncn1. The number of nitrogens with zero attached hydrogens (tertiary/aromatic N) is 3. The van der Waals surface area contributed by atoms with Gasteiger partial charge in [0, 0.05) is 24.8 Å². The highest BCUT2D eigenvalue weighted by Crippen LogP contribution is 2.40. The molecule has 0 spiro atoms. The molecule has 2 aliphatic rings. The topological polar surface area (TPSA) is 47.5 Å². The first-order valence-corrected chi connectivity index (χ1v) is 9.88. The van der Waals surface area contributed by atoms with Crippen molar-refractivity contribution in [2.24, 2.45) is 5.92 Å². The van der Waals surface area contributed by atoms with Gasteiger partial charge in [0.1, 0.15) is 17.9 Å². The highest BCUT2D eigenvalue weighted by Gasteiger charge is 2.53. The predicted molar refractivity (Wildman–Crippen MR) is 106 cm³/mol. The fourth-order valence-electron chi connectivity index (χ4n) is 3.45. The minimum absolute atomic E-state index is 0.253. The summed E-state index contributed by atoms with van der Waals surface area (Å²) in [6, 6.07) is 2.05. The Morgan fingerprint density at radius 2 is 1.74 bits per heavy atom. The average molecular weight is 375 g/mol. The van der Waals surface area contributed by atoms with Gasteiger partial charge in [0.05, 0.1) is 11.2 Å². The maximum atomic E-state index is 15.0. The maximum absolute atomic E-state index is 15.0. The van der Waals surface area contributed by atoms with Crippen molar-refractivity contribution in [3.8, 4) is 0 Å². The van der Waals surface area contributed by atoms with Gasteiger partial charge in [-0.1, -0.05) is 13.8 Å². The molecular weight excluding hydrogens is 344 g/mol. The summed E-state index contributed by atoms with van der Waals surface area (Å²) in [6.45, 7) is 13.6. The van der Waals surface area contributed by atoms with Gasteiger partial charge in [0.15, 0.2) is 0 Å². The summed E-state index contributed by atoms with van der Waals surface area (Å²) in [6.07, 6.45) is 3.87. The minimum Gasteiger partial charge on any atom is -0.398 e. The van der Waals surface area contributed by atoms with Crippen LogP contribution >= 0.6 is 0 Å². The van der Waals surface area contributed by atoms with Crippen LogP contribution in [-0.2, 0) is 15.7 Å². The van der Waals surface area contributed by atoms with Crippen molar-refractivity contribution >= 4 is 12.9 Å². The number of anilines is 1. The minimum atomic E-state index is -0.895. The van der Waals surface area contributed by atoms with Crippen LogP contribution in [0, 0.1) is 5.92 Å². The van der Waals surface area contributed by atoms with E-state index < -0.39 is 18.3 Å². The van der Waals surface area contributed by atoms with Crippen molar-refractivity contribution in [2.45, 2.75) is 72.0 Å². The van der Waals surface area contributed by atoms with Crippen LogP contribution in [0.4, 0.5) is 10.2 Å². The number of halogens is 1. The third-order valence-electron chi connectivity index (χ3n) is 5.82. The van der Waals surface area contributed by atoms with Crippen molar-refractivity contribution in [1.29, 1.82) is 0 Å². The van der Waals surface area contributed by atoms with Gasteiger partial charge in [-0.05, 0) is 58.4 Å².